The van der Waals surface area contributed by atoms with Gasteiger partial charge in [-0.1, -0.05) is 19.0 Å². The van der Waals surface area contributed by atoms with E-state index in [-0.39, 0.29) is 12.0 Å². The number of hydrogen-bond donors (Lipinski definition) is 4. The first kappa shape index (κ1) is 18.6. The second-order valence-electron chi connectivity index (χ2n) is 6.64. The van der Waals surface area contributed by atoms with E-state index in [1.165, 1.54) is 0 Å². The second kappa shape index (κ2) is 6.32. The topological polar surface area (TPSA) is 130 Å². The van der Waals surface area contributed by atoms with Gasteiger partial charge in [0.1, 0.15) is 0 Å². The van der Waals surface area contributed by atoms with Crippen LogP contribution in [0.2, 0.25) is 0 Å². The molecule has 7 nitrogen and oxygen atoms in total. The van der Waals surface area contributed by atoms with E-state index in [4.69, 9.17) is 27.2 Å². The van der Waals surface area contributed by atoms with Crippen LogP contribution in [-0.4, -0.2) is 50.4 Å². The number of alkyl halides is 1. The lowest BCUT2D eigenvalue weighted by atomic mass is 9.41. The molecule has 3 fully saturated rings. The molecule has 0 spiro atoms. The SMILES string of the molecule is CC1(O)CCC2CC1(O)C2(C)C.[N-]=[N+]=NC[C@@H](Cl)B(O)O. The van der Waals surface area contributed by atoms with Crippen LogP contribution in [-0.2, 0) is 0 Å². The third-order valence-corrected chi connectivity index (χ3v) is 5.51. The van der Waals surface area contributed by atoms with E-state index < -0.39 is 23.6 Å². The van der Waals surface area contributed by atoms with Crippen LogP contribution in [0.1, 0.15) is 40.0 Å². The highest BCUT2D eigenvalue weighted by Gasteiger charge is 2.69. The minimum Gasteiger partial charge on any atom is -0.426 e. The molecule has 0 amide bonds. The lowest BCUT2D eigenvalue weighted by molar-refractivity contribution is -0.312. The highest BCUT2D eigenvalue weighted by molar-refractivity contribution is 6.57. The fraction of sp³-hybridized carbons (Fsp3) is 1.00. The predicted octanol–water partition coefficient (Wildman–Crippen LogP) is 1.22. The van der Waals surface area contributed by atoms with Crippen molar-refractivity contribution in [2.75, 3.05) is 6.54 Å². The van der Waals surface area contributed by atoms with Crippen molar-refractivity contribution in [2.24, 2.45) is 16.4 Å². The molecule has 4 N–H and O–H groups in total. The van der Waals surface area contributed by atoms with E-state index in [1.807, 2.05) is 0 Å². The maximum atomic E-state index is 10.2. The smallest absolute Gasteiger partial charge is 0.426 e. The zero-order chi connectivity index (χ0) is 16.5. The van der Waals surface area contributed by atoms with Crippen molar-refractivity contribution >= 4 is 18.7 Å². The van der Waals surface area contributed by atoms with E-state index in [1.54, 1.807) is 6.92 Å². The summed E-state index contributed by atoms with van der Waals surface area (Å²) in [6.07, 6.45) is 2.59. The van der Waals surface area contributed by atoms with Gasteiger partial charge in [0, 0.05) is 11.5 Å². The lowest BCUT2D eigenvalue weighted by Crippen LogP contribution is -2.74. The van der Waals surface area contributed by atoms with Crippen LogP contribution in [0.4, 0.5) is 0 Å². The van der Waals surface area contributed by atoms with Crippen LogP contribution < -0.4 is 0 Å². The summed E-state index contributed by atoms with van der Waals surface area (Å²) in [6.45, 7) is 5.78. The second-order valence-corrected chi connectivity index (χ2v) is 7.20. The third-order valence-electron chi connectivity index (χ3n) is 5.14. The molecule has 0 aromatic carbocycles. The summed E-state index contributed by atoms with van der Waals surface area (Å²) in [4.78, 5) is 2.38. The summed E-state index contributed by atoms with van der Waals surface area (Å²) < 4.78 is 0. The first-order valence-electron chi connectivity index (χ1n) is 6.95. The number of halogens is 1. The quantitative estimate of drug-likeness (QED) is 0.205. The molecule has 0 aliphatic heterocycles. The van der Waals surface area contributed by atoms with E-state index in [2.05, 4.69) is 23.9 Å². The number of fused-ring (bicyclic) bond motifs is 2. The highest BCUT2D eigenvalue weighted by atomic mass is 35.5. The lowest BCUT2D eigenvalue weighted by Gasteiger charge is -2.68. The summed E-state index contributed by atoms with van der Waals surface area (Å²) >= 11 is 5.23. The van der Waals surface area contributed by atoms with Crippen LogP contribution in [0, 0.1) is 11.3 Å². The van der Waals surface area contributed by atoms with Gasteiger partial charge in [-0.25, -0.2) is 0 Å². The molecule has 0 radical (unpaired) electrons. The van der Waals surface area contributed by atoms with Gasteiger partial charge in [0.05, 0.1) is 16.5 Å². The van der Waals surface area contributed by atoms with Gasteiger partial charge < -0.3 is 20.3 Å². The van der Waals surface area contributed by atoms with E-state index >= 15 is 0 Å². The fourth-order valence-electron chi connectivity index (χ4n) is 3.33. The molecule has 3 aliphatic carbocycles. The summed E-state index contributed by atoms with van der Waals surface area (Å²) in [6, 6.07) is 0. The van der Waals surface area contributed by atoms with Crippen molar-refractivity contribution in [3.05, 3.63) is 10.4 Å². The molecule has 9 heteroatoms. The number of aliphatic hydroxyl groups is 2. The third kappa shape index (κ3) is 3.31. The molecule has 0 saturated heterocycles. The number of rotatable bonds is 3. The van der Waals surface area contributed by atoms with Gasteiger partial charge in [0.15, 0.2) is 0 Å². The summed E-state index contributed by atoms with van der Waals surface area (Å²) in [5, 5.41) is 39.0. The molecule has 2 bridgehead atoms. The Balaban J connectivity index is 0.000000222. The van der Waals surface area contributed by atoms with Crippen molar-refractivity contribution in [1.82, 2.24) is 0 Å². The summed E-state index contributed by atoms with van der Waals surface area (Å²) in [5.74, 6) is 0.614. The molecular formula is C12H23BClN3O4. The van der Waals surface area contributed by atoms with Crippen LogP contribution in [0.25, 0.3) is 10.4 Å². The van der Waals surface area contributed by atoms with Gasteiger partial charge >= 0.3 is 7.12 Å². The zero-order valence-corrected chi connectivity index (χ0v) is 13.3. The van der Waals surface area contributed by atoms with E-state index in [0.29, 0.717) is 5.92 Å². The molecule has 0 heterocycles. The first-order valence-corrected chi connectivity index (χ1v) is 7.39. The van der Waals surface area contributed by atoms with E-state index in [0.717, 1.165) is 19.3 Å². The molecule has 3 saturated carbocycles. The number of hydrogen-bond acceptors (Lipinski definition) is 5. The molecule has 4 atom stereocenters. The monoisotopic (exact) mass is 319 g/mol. The highest BCUT2D eigenvalue weighted by Crippen LogP contribution is 2.65. The van der Waals surface area contributed by atoms with E-state index in [9.17, 15) is 10.2 Å². The summed E-state index contributed by atoms with van der Waals surface area (Å²) in [5.41, 5.74) is 5.94. The van der Waals surface area contributed by atoms with Crippen LogP contribution in [0.3, 0.4) is 0 Å². The number of azide groups is 1. The minimum atomic E-state index is -1.63. The van der Waals surface area contributed by atoms with Crippen LogP contribution >= 0.6 is 11.6 Å². The molecular weight excluding hydrogens is 296 g/mol. The van der Waals surface area contributed by atoms with Crippen molar-refractivity contribution in [3.8, 4) is 0 Å². The van der Waals surface area contributed by atoms with Gasteiger partial charge in [-0.05, 0) is 43.1 Å². The Bertz CT molecular complexity index is 419. The molecule has 3 unspecified atom stereocenters. The van der Waals surface area contributed by atoms with Crippen molar-refractivity contribution in [2.45, 2.75) is 56.5 Å². The molecule has 3 rings (SSSR count). The largest absolute Gasteiger partial charge is 0.470 e. The Kier molecular flexibility index (Phi) is 5.59. The molecule has 0 aromatic rings. The predicted molar refractivity (Wildman–Crippen MR) is 80.5 cm³/mol. The van der Waals surface area contributed by atoms with Crippen LogP contribution in [0.5, 0.6) is 0 Å². The Hall–Kier alpha value is -0.495. The molecule has 120 valence electrons. The van der Waals surface area contributed by atoms with Crippen molar-refractivity contribution < 1.29 is 20.3 Å². The fourth-order valence-corrected chi connectivity index (χ4v) is 3.39. The molecule has 0 aromatic heterocycles. The first-order chi connectivity index (χ1) is 9.49. The molecule has 21 heavy (non-hydrogen) atoms. The Morgan fingerprint density at radius 2 is 1.95 bits per heavy atom. The minimum absolute atomic E-state index is 0.0885. The maximum Gasteiger partial charge on any atom is 0.470 e. The van der Waals surface area contributed by atoms with Gasteiger partial charge in [0.25, 0.3) is 0 Å². The zero-order valence-electron chi connectivity index (χ0n) is 12.6. The average Bonchev–Trinajstić information content (AvgIpc) is 2.39. The van der Waals surface area contributed by atoms with Crippen molar-refractivity contribution in [3.63, 3.8) is 0 Å². The average molecular weight is 320 g/mol. The number of nitrogens with zero attached hydrogens (tertiary/aromatic N) is 3. The van der Waals surface area contributed by atoms with Gasteiger partial charge in [-0.15, -0.1) is 11.6 Å². The normalized spacial score (nSPS) is 37.2. The van der Waals surface area contributed by atoms with Gasteiger partial charge in [-0.2, -0.15) is 0 Å². The van der Waals surface area contributed by atoms with Gasteiger partial charge in [-0.3, -0.25) is 0 Å². The van der Waals surface area contributed by atoms with Crippen molar-refractivity contribution in [1.29, 1.82) is 0 Å². The molecule has 3 aliphatic rings. The standard InChI is InChI=1S/C10H18O2.C2H5BClN3O2/c1-8(2)7-4-5-9(3,11)10(8,12)6-7;4-2(3(8)9)1-6-7-5/h7,11-12H,4-6H2,1-3H3;2,8-9H,1H2/t;2-/m.1/s1. The Morgan fingerprint density at radius 1 is 1.38 bits per heavy atom. The summed E-state index contributed by atoms with van der Waals surface area (Å²) in [7, 11) is -1.63. The van der Waals surface area contributed by atoms with Crippen LogP contribution in [0.15, 0.2) is 5.11 Å². The maximum absolute atomic E-state index is 10.2. The Morgan fingerprint density at radius 3 is 2.29 bits per heavy atom. The Labute approximate surface area is 129 Å². The van der Waals surface area contributed by atoms with Gasteiger partial charge in [0.2, 0.25) is 0 Å².